The number of aryl methyl sites for hydroxylation is 8. The molecule has 0 saturated heterocycles. The Morgan fingerprint density at radius 1 is 0.301 bits per heavy atom. The third-order valence-electron chi connectivity index (χ3n) is 25.9. The summed E-state index contributed by atoms with van der Waals surface area (Å²) in [5.74, 6) is 4.82. The standard InChI is InChI=1S/C24H26N.C23H24N.C22H22N.C21H20N.2C11H20O2.2C9H16O2.4Ir/c1-17-14-18(2)16-20(15-17)23-13-12-22-21(10-7-11-24(22)25-23)19-8-5-3-4-6-9-19;1-16-13-17(2)15-19(14-16)22-12-11-21-20(9-6-10-23(21)24-22)18-7-4-3-5-8-18;1-15-12-16(2)14-18(13-15)21-11-10-20-19(17-6-3-4-7-17)8-5-9-22(20)23-21;1-14-11-15(2)13-17(12-14)20-10-9-19-18(16-5-3-6-16)7-4-8-21(19)22-20;2*1-8(2)5-10(12)7-11(13)6-9(3)4;2*1-6(2)8(10)5-9(11)7(3)4;;;;/h7,10-15,19H,3-6,8-9H2,1-2H3;6,9-14,18H,3-5,7-8H2,1-2H3;5,8-13,17H,3-4,6-7H2,1-2H3;4,7-12,16H,3,5-6H2,1-2H3;2*7-9,12H,5-6H2,1-4H3;2*5-7,10H,1-4H3;;;;/q4*-1;;;;;;;;/i4*2D3;;;;;;;;. The van der Waals surface area contributed by atoms with Crippen LogP contribution in [0.15, 0.2) is 217 Å². The second kappa shape index (κ2) is 63.7. The normalized spacial score (nSPS) is 15.8. The van der Waals surface area contributed by atoms with Gasteiger partial charge in [0.05, 0.1) is 45.1 Å². The molecule has 8 aromatic carbocycles. The maximum Gasteiger partial charge on any atom is 0.161 e. The molecule has 792 valence electrons. The van der Waals surface area contributed by atoms with Gasteiger partial charge in [0.15, 0.2) is 23.1 Å². The number of hydrogen-bond acceptors (Lipinski definition) is 12. The van der Waals surface area contributed by atoms with Gasteiger partial charge in [-0.15, -0.1) is 140 Å². The van der Waals surface area contributed by atoms with Gasteiger partial charge in [-0.1, -0.05) is 327 Å². The number of fused-ring (bicyclic) bond motifs is 4. The van der Waals surface area contributed by atoms with Crippen molar-refractivity contribution in [2.75, 3.05) is 0 Å². The van der Waals surface area contributed by atoms with Gasteiger partial charge in [-0.05, 0) is 168 Å². The zero-order valence-electron chi connectivity index (χ0n) is 102. The fraction of sp³-hybridized carbons (Fsp3) is 0.446. The van der Waals surface area contributed by atoms with Crippen LogP contribution in [-0.4, -0.2) is 63.5 Å². The molecule has 4 fully saturated rings. The van der Waals surface area contributed by atoms with E-state index in [9.17, 15) is 39.6 Å². The van der Waals surface area contributed by atoms with E-state index in [1.807, 2.05) is 205 Å². The number of ketones is 4. The van der Waals surface area contributed by atoms with Gasteiger partial charge in [-0.25, -0.2) is 0 Å². The van der Waals surface area contributed by atoms with E-state index in [1.54, 1.807) is 24.3 Å². The Labute approximate surface area is 947 Å². The summed E-state index contributed by atoms with van der Waals surface area (Å²) in [6.45, 7) is 29.6. The van der Waals surface area contributed by atoms with E-state index in [1.165, 1.54) is 184 Å². The molecule has 4 saturated carbocycles. The van der Waals surface area contributed by atoms with Gasteiger partial charge < -0.3 is 20.4 Å². The van der Waals surface area contributed by atoms with Crippen molar-refractivity contribution in [3.63, 3.8) is 0 Å². The van der Waals surface area contributed by atoms with Crippen molar-refractivity contribution in [3.8, 4) is 45.0 Å². The van der Waals surface area contributed by atoms with Crippen molar-refractivity contribution in [1.29, 1.82) is 0 Å². The van der Waals surface area contributed by atoms with Crippen molar-refractivity contribution in [2.24, 2.45) is 47.3 Å². The third kappa shape index (κ3) is 41.6. The first-order valence-corrected chi connectivity index (χ1v) is 51.9. The molecule has 12 nitrogen and oxygen atoms in total. The summed E-state index contributed by atoms with van der Waals surface area (Å²) in [6.07, 6.45) is 30.8. The van der Waals surface area contributed by atoms with Crippen LogP contribution in [-0.2, 0) is 99.6 Å². The van der Waals surface area contributed by atoms with Crippen LogP contribution < -0.4 is 0 Å². The quantitative estimate of drug-likeness (QED) is 0.0193. The minimum atomic E-state index is -2.16. The van der Waals surface area contributed by atoms with Gasteiger partial charge in [0.1, 0.15) is 0 Å². The van der Waals surface area contributed by atoms with Gasteiger partial charge in [0.2, 0.25) is 0 Å². The van der Waals surface area contributed by atoms with E-state index in [0.29, 0.717) is 73.0 Å². The second-order valence-electron chi connectivity index (χ2n) is 42.2. The van der Waals surface area contributed by atoms with Crippen molar-refractivity contribution in [3.05, 3.63) is 308 Å². The first-order chi connectivity index (χ1) is 72.4. The molecule has 16 rings (SSSR count). The molecule has 4 aliphatic rings. The number of aromatic nitrogens is 4. The first-order valence-electron chi connectivity index (χ1n) is 57.9. The summed E-state index contributed by atoms with van der Waals surface area (Å²) in [6, 6.07) is 68.7. The fourth-order valence-electron chi connectivity index (χ4n) is 18.3. The molecule has 4 radical (unpaired) electrons. The molecule has 0 bridgehead atoms. The first kappa shape index (κ1) is 108. The second-order valence-corrected chi connectivity index (χ2v) is 42.2. The largest absolute Gasteiger partial charge is 0.512 e. The minimum Gasteiger partial charge on any atom is -0.512 e. The Morgan fingerprint density at radius 2 is 0.527 bits per heavy atom. The molecule has 0 atom stereocenters. The van der Waals surface area contributed by atoms with E-state index in [0.717, 1.165) is 89.4 Å². The predicted octanol–water partition coefficient (Wildman–Crippen LogP) is 35.5. The molecule has 0 unspecified atom stereocenters. The van der Waals surface area contributed by atoms with Crippen molar-refractivity contribution in [1.82, 2.24) is 19.9 Å². The number of carbonyl (C=O) groups excluding carboxylic acids is 4. The Morgan fingerprint density at radius 3 is 0.733 bits per heavy atom. The molecule has 16 heteroatoms. The maximum atomic E-state index is 11.2. The number of aliphatic hydroxyl groups is 4. The predicted molar refractivity (Wildman–Crippen MR) is 596 cm³/mol. The Hall–Kier alpha value is -9.16. The third-order valence-corrected chi connectivity index (χ3v) is 25.9. The molecule has 12 aromatic rings. The fourth-order valence-corrected chi connectivity index (χ4v) is 18.3. The zero-order valence-corrected chi connectivity index (χ0v) is 99.1. The van der Waals surface area contributed by atoms with Crippen molar-refractivity contribution >= 4 is 66.7 Å². The van der Waals surface area contributed by atoms with Gasteiger partial charge >= 0.3 is 0 Å². The molecule has 4 N–H and O–H groups in total. The van der Waals surface area contributed by atoms with Crippen LogP contribution in [0.1, 0.15) is 359 Å². The molecule has 0 aliphatic heterocycles. The average Bonchev–Trinajstić information content (AvgIpc) is 1.12. The molecule has 146 heavy (non-hydrogen) atoms. The number of nitrogens with zero attached hydrogens (tertiary/aromatic N) is 4. The van der Waals surface area contributed by atoms with Gasteiger partial charge in [0.25, 0.3) is 0 Å². The average molecular weight is 2690 g/mol. The molecular weight excluding hydrogens is 2510 g/mol. The molecule has 4 heterocycles. The number of benzene rings is 8. The maximum absolute atomic E-state index is 11.2. The Balaban J connectivity index is 0.000000324. The number of aliphatic hydroxyl groups excluding tert-OH is 4. The van der Waals surface area contributed by atoms with E-state index >= 15 is 0 Å². The number of allylic oxidation sites excluding steroid dienone is 8. The summed E-state index contributed by atoms with van der Waals surface area (Å²) >= 11 is 0. The molecule has 4 aliphatic carbocycles. The van der Waals surface area contributed by atoms with Crippen LogP contribution in [0.2, 0.25) is 0 Å². The molecule has 0 amide bonds. The van der Waals surface area contributed by atoms with Crippen LogP contribution in [0.3, 0.4) is 0 Å². The van der Waals surface area contributed by atoms with Gasteiger partial charge in [0, 0.05) is 192 Å². The summed E-state index contributed by atoms with van der Waals surface area (Å²) < 4.78 is 92.1. The smallest absolute Gasteiger partial charge is 0.161 e. The van der Waals surface area contributed by atoms with Gasteiger partial charge in [-0.3, -0.25) is 39.1 Å². The topological polar surface area (TPSA) is 201 Å². The van der Waals surface area contributed by atoms with Crippen LogP contribution in [0.4, 0.5) is 0 Å². The van der Waals surface area contributed by atoms with Crippen molar-refractivity contribution < 1.29 is 136 Å². The van der Waals surface area contributed by atoms with Crippen LogP contribution in [0.5, 0.6) is 0 Å². The Kier molecular flexibility index (Phi) is 47.2. The van der Waals surface area contributed by atoms with E-state index < -0.39 is 27.4 Å². The minimum absolute atomic E-state index is 0. The summed E-state index contributed by atoms with van der Waals surface area (Å²) in [4.78, 5) is 63.8. The molecular formula is C130H164Ir4N4O8-4. The zero-order chi connectivity index (χ0) is 114. The summed E-state index contributed by atoms with van der Waals surface area (Å²) in [5, 5.41) is 41.9. The van der Waals surface area contributed by atoms with E-state index in [4.69, 9.17) is 36.4 Å². The monoisotopic (exact) mass is 2690 g/mol. The molecule has 4 aromatic heterocycles. The van der Waals surface area contributed by atoms with Crippen LogP contribution in [0.25, 0.3) is 88.6 Å². The van der Waals surface area contributed by atoms with Crippen LogP contribution in [0, 0.1) is 127 Å². The van der Waals surface area contributed by atoms with Gasteiger partial charge in [-0.2, -0.15) is 0 Å². The number of pyridine rings is 4. The summed E-state index contributed by atoms with van der Waals surface area (Å²) in [5.41, 5.74) is 20.2. The number of hydrogen-bond donors (Lipinski definition) is 4. The molecule has 0 spiro atoms. The van der Waals surface area contributed by atoms with E-state index in [-0.39, 0.29) is 173 Å². The number of carbonyl (C=O) groups is 4. The van der Waals surface area contributed by atoms with E-state index in [2.05, 4.69) is 103 Å². The van der Waals surface area contributed by atoms with Crippen molar-refractivity contribution in [2.45, 2.75) is 331 Å². The SMILES string of the molecule is CC(C)C(=O)C=C(O)C(C)C.CC(C)C(=O)C=C(O)C(C)C.CC(C)CC(=O)C=C(O)CC(C)C.CC(C)CC(=O)C=C(O)CC(C)C.[2H]C([2H])([2H])c1[c-]c(-c2ccc3c(C4CCC4)cccc3n2)cc(C)c1.[2H]C([2H])([2H])c1[c-]c(-c2ccc3c(C4CCCC4)cccc3n2)cc(C)c1.[2H]C([2H])([2H])c1[c-]c(-c2ccc3c(C4CCCCC4)cccc3n2)cc(C)c1.[2H]C([2H])([2H])c1[c-]c(-c2ccc3c(C4CCCCCC4)cccc3n2)cc(C)c1.[Ir].[Ir].[Ir].[Ir]. The summed E-state index contributed by atoms with van der Waals surface area (Å²) in [7, 11) is 0. The Bertz CT molecular complexity index is 6730. The van der Waals surface area contributed by atoms with Crippen LogP contribution >= 0.6 is 0 Å². The number of rotatable bonds is 24.